The summed E-state index contributed by atoms with van der Waals surface area (Å²) in [6.07, 6.45) is 0. The molecule has 22 heavy (non-hydrogen) atoms. The fourth-order valence-corrected chi connectivity index (χ4v) is 1.56. The van der Waals surface area contributed by atoms with Crippen LogP contribution in [0.1, 0.15) is 20.8 Å². The summed E-state index contributed by atoms with van der Waals surface area (Å²) in [4.78, 5) is 11.4. The number of hydrogen-bond donors (Lipinski definition) is 0. The van der Waals surface area contributed by atoms with E-state index in [0.717, 1.165) is 0 Å². The largest absolute Gasteiger partial charge is 0.491 e. The smallest absolute Gasteiger partial charge is 0.332 e. The van der Waals surface area contributed by atoms with Gasteiger partial charge in [0.25, 0.3) is 0 Å². The lowest BCUT2D eigenvalue weighted by Gasteiger charge is -2.19. The van der Waals surface area contributed by atoms with Crippen LogP contribution in [0, 0.1) is 6.07 Å². The number of rotatable bonds is 9. The van der Waals surface area contributed by atoms with Crippen molar-refractivity contribution in [1.29, 1.82) is 0 Å². The molecule has 5 nitrogen and oxygen atoms in total. The molecule has 0 atom stereocenters. The van der Waals surface area contributed by atoms with Crippen molar-refractivity contribution in [3.63, 3.8) is 0 Å². The van der Waals surface area contributed by atoms with Crippen molar-refractivity contribution >= 4 is 17.6 Å². The second kappa shape index (κ2) is 9.66. The van der Waals surface area contributed by atoms with Gasteiger partial charge in [0.15, 0.2) is 0 Å². The van der Waals surface area contributed by atoms with Crippen molar-refractivity contribution in [2.45, 2.75) is 26.4 Å². The minimum absolute atomic E-state index is 0.0726. The summed E-state index contributed by atoms with van der Waals surface area (Å²) in [5.41, 5.74) is -0.493. The first kappa shape index (κ1) is 18.7. The van der Waals surface area contributed by atoms with Gasteiger partial charge < -0.3 is 18.9 Å². The van der Waals surface area contributed by atoms with E-state index in [1.54, 1.807) is 18.2 Å². The molecule has 0 unspecified atom stereocenters. The van der Waals surface area contributed by atoms with Crippen LogP contribution in [0.15, 0.2) is 18.2 Å². The molecule has 1 aromatic rings. The Morgan fingerprint density at radius 1 is 1.14 bits per heavy atom. The van der Waals surface area contributed by atoms with E-state index in [9.17, 15) is 4.79 Å². The number of benzene rings is 1. The van der Waals surface area contributed by atoms with Crippen LogP contribution in [0.2, 0.25) is 5.02 Å². The standard InChI is InChI=1S/C16H22ClO5/c1-16(2,3)22-15(18)12-20-9-8-19-10-11-21-14-6-4-13(17)5-7-14/h4-6H,8-12H2,1-3H3. The third-order valence-corrected chi connectivity index (χ3v) is 2.48. The Labute approximate surface area is 136 Å². The van der Waals surface area contributed by atoms with Crippen molar-refractivity contribution in [2.75, 3.05) is 33.0 Å². The van der Waals surface area contributed by atoms with Crippen LogP contribution in [-0.2, 0) is 19.0 Å². The molecule has 0 saturated heterocycles. The molecule has 0 bridgehead atoms. The molecule has 123 valence electrons. The highest BCUT2D eigenvalue weighted by Crippen LogP contribution is 2.14. The Hall–Kier alpha value is -1.30. The van der Waals surface area contributed by atoms with Gasteiger partial charge >= 0.3 is 5.97 Å². The Morgan fingerprint density at radius 2 is 1.82 bits per heavy atom. The van der Waals surface area contributed by atoms with Gasteiger partial charge in [-0.2, -0.15) is 0 Å². The minimum atomic E-state index is -0.493. The highest BCUT2D eigenvalue weighted by atomic mass is 35.5. The normalized spacial score (nSPS) is 11.3. The van der Waals surface area contributed by atoms with Crippen LogP contribution in [0.3, 0.4) is 0 Å². The molecule has 1 rings (SSSR count). The number of esters is 1. The maximum Gasteiger partial charge on any atom is 0.332 e. The molecule has 0 amide bonds. The molecule has 1 aromatic carbocycles. The maximum atomic E-state index is 11.4. The summed E-state index contributed by atoms with van der Waals surface area (Å²) >= 11 is 5.74. The summed E-state index contributed by atoms with van der Waals surface area (Å²) in [7, 11) is 0. The second-order valence-electron chi connectivity index (χ2n) is 5.47. The fraction of sp³-hybridized carbons (Fsp3) is 0.562. The zero-order chi connectivity index (χ0) is 16.4. The quantitative estimate of drug-likeness (QED) is 0.515. The fourth-order valence-electron chi connectivity index (χ4n) is 1.44. The SMILES string of the molecule is CC(C)(C)OC(=O)COCCOCCOc1[c]cc(Cl)cc1. The Morgan fingerprint density at radius 3 is 2.45 bits per heavy atom. The molecule has 0 heterocycles. The number of ether oxygens (including phenoxy) is 4. The van der Waals surface area contributed by atoms with E-state index >= 15 is 0 Å². The van der Waals surface area contributed by atoms with Gasteiger partial charge in [-0.05, 0) is 39.0 Å². The summed E-state index contributed by atoms with van der Waals surface area (Å²) in [6, 6.07) is 8.01. The van der Waals surface area contributed by atoms with Crippen molar-refractivity contribution in [2.24, 2.45) is 0 Å². The van der Waals surface area contributed by atoms with E-state index < -0.39 is 5.60 Å². The van der Waals surface area contributed by atoms with Crippen molar-refractivity contribution < 1.29 is 23.7 Å². The average Bonchev–Trinajstić information content (AvgIpc) is 2.42. The van der Waals surface area contributed by atoms with Gasteiger partial charge in [-0.3, -0.25) is 0 Å². The van der Waals surface area contributed by atoms with Crippen molar-refractivity contribution in [3.05, 3.63) is 29.3 Å². The topological polar surface area (TPSA) is 54.0 Å². The maximum absolute atomic E-state index is 11.4. The molecule has 0 saturated carbocycles. The van der Waals surface area contributed by atoms with Crippen LogP contribution < -0.4 is 4.74 Å². The molecule has 0 aromatic heterocycles. The minimum Gasteiger partial charge on any atom is -0.491 e. The van der Waals surface area contributed by atoms with Gasteiger partial charge in [-0.1, -0.05) is 11.6 Å². The molecular weight excluding hydrogens is 308 g/mol. The predicted octanol–water partition coefficient (Wildman–Crippen LogP) is 2.89. The zero-order valence-electron chi connectivity index (χ0n) is 13.2. The monoisotopic (exact) mass is 329 g/mol. The summed E-state index contributed by atoms with van der Waals surface area (Å²) in [5, 5.41) is 0.616. The van der Waals surface area contributed by atoms with Gasteiger partial charge in [-0.15, -0.1) is 0 Å². The summed E-state index contributed by atoms with van der Waals surface area (Å²) < 4.78 is 21.0. The van der Waals surface area contributed by atoms with E-state index in [1.165, 1.54) is 0 Å². The third-order valence-electron chi connectivity index (χ3n) is 2.24. The van der Waals surface area contributed by atoms with E-state index in [-0.39, 0.29) is 12.6 Å². The number of carbonyl (C=O) groups excluding carboxylic acids is 1. The van der Waals surface area contributed by atoms with Crippen LogP contribution in [0.5, 0.6) is 5.75 Å². The first-order chi connectivity index (χ1) is 10.4. The van der Waals surface area contributed by atoms with Gasteiger partial charge in [0.2, 0.25) is 0 Å². The van der Waals surface area contributed by atoms with Crippen LogP contribution >= 0.6 is 11.6 Å². The Balaban J connectivity index is 1.95. The van der Waals surface area contributed by atoms with Crippen molar-refractivity contribution in [3.8, 4) is 5.75 Å². The highest BCUT2D eigenvalue weighted by Gasteiger charge is 2.15. The number of hydrogen-bond acceptors (Lipinski definition) is 5. The van der Waals surface area contributed by atoms with E-state index in [4.69, 9.17) is 30.5 Å². The first-order valence-corrected chi connectivity index (χ1v) is 7.42. The van der Waals surface area contributed by atoms with Crippen molar-refractivity contribution in [1.82, 2.24) is 0 Å². The molecule has 0 N–H and O–H groups in total. The average molecular weight is 330 g/mol. The first-order valence-electron chi connectivity index (χ1n) is 7.04. The van der Waals surface area contributed by atoms with E-state index in [2.05, 4.69) is 6.07 Å². The lowest BCUT2D eigenvalue weighted by atomic mass is 10.2. The zero-order valence-corrected chi connectivity index (χ0v) is 13.9. The highest BCUT2D eigenvalue weighted by molar-refractivity contribution is 6.30. The molecule has 0 spiro atoms. The second-order valence-corrected chi connectivity index (χ2v) is 5.91. The van der Waals surface area contributed by atoms with Gasteiger partial charge in [0.1, 0.15) is 24.6 Å². The molecule has 0 fully saturated rings. The molecule has 1 radical (unpaired) electrons. The molecule has 0 aliphatic rings. The number of halogens is 1. The number of carbonyl (C=O) groups is 1. The van der Waals surface area contributed by atoms with Gasteiger partial charge in [0.05, 0.1) is 19.8 Å². The molecule has 6 heteroatoms. The Bertz CT molecular complexity index is 439. The van der Waals surface area contributed by atoms with Crippen LogP contribution in [-0.4, -0.2) is 44.6 Å². The van der Waals surface area contributed by atoms with Gasteiger partial charge in [0, 0.05) is 11.1 Å². The lowest BCUT2D eigenvalue weighted by molar-refractivity contribution is -0.160. The molecule has 0 aliphatic heterocycles. The van der Waals surface area contributed by atoms with Crippen LogP contribution in [0.4, 0.5) is 0 Å². The van der Waals surface area contributed by atoms with Gasteiger partial charge in [-0.25, -0.2) is 4.79 Å². The predicted molar refractivity (Wildman–Crippen MR) is 83.3 cm³/mol. The summed E-state index contributed by atoms with van der Waals surface area (Å²) in [6.45, 7) is 6.90. The lowest BCUT2D eigenvalue weighted by Crippen LogP contribution is -2.27. The molecular formula is C16H22ClO5. The van der Waals surface area contributed by atoms with E-state index in [1.807, 2.05) is 20.8 Å². The third kappa shape index (κ3) is 9.60. The Kier molecular flexibility index (Phi) is 8.24. The van der Waals surface area contributed by atoms with Crippen LogP contribution in [0.25, 0.3) is 0 Å². The molecule has 0 aliphatic carbocycles. The van der Waals surface area contributed by atoms with E-state index in [0.29, 0.717) is 37.2 Å². The summed E-state index contributed by atoms with van der Waals surface area (Å²) in [5.74, 6) is 0.239.